The molecule has 1 amide bonds. The molecule has 4 fully saturated rings. The summed E-state index contributed by atoms with van der Waals surface area (Å²) >= 11 is 0. The number of nitrogens with zero attached hydrogens (tertiary/aromatic N) is 2. The van der Waals surface area contributed by atoms with Gasteiger partial charge in [0.25, 0.3) is 5.91 Å². The second-order valence-electron chi connectivity index (χ2n) is 9.62. The molecule has 5 atom stereocenters. The number of fused-ring (bicyclic) bond motifs is 1. The van der Waals surface area contributed by atoms with Crippen LogP contribution in [0.15, 0.2) is 0 Å². The number of rotatable bonds is 2. The van der Waals surface area contributed by atoms with E-state index in [2.05, 4.69) is 32.9 Å². The molecule has 31 heavy (non-hydrogen) atoms. The first-order valence-electron chi connectivity index (χ1n) is 11.5. The lowest BCUT2D eigenvalue weighted by Crippen LogP contribution is -2.73. The van der Waals surface area contributed by atoms with Gasteiger partial charge in [0.2, 0.25) is 0 Å². The molecule has 0 spiro atoms. The Balaban J connectivity index is 1.47. The number of halogens is 3. The summed E-state index contributed by atoms with van der Waals surface area (Å²) in [4.78, 5) is 14.2. The number of carbonyl (C=O) groups is 1. The van der Waals surface area contributed by atoms with Crippen LogP contribution in [0, 0.1) is 29.6 Å². The molecule has 4 rings (SSSR count). The average Bonchev–Trinajstić information content (AvgIpc) is 3.18. The lowest BCUT2D eigenvalue weighted by Gasteiger charge is -2.52. The van der Waals surface area contributed by atoms with Crippen LogP contribution in [0.5, 0.6) is 0 Å². The highest BCUT2D eigenvalue weighted by Gasteiger charge is 2.48. The molecule has 0 aromatic heterocycles. The number of amides is 1. The summed E-state index contributed by atoms with van der Waals surface area (Å²) in [6.45, 7) is 3.94. The van der Waals surface area contributed by atoms with Crippen LogP contribution in [0.25, 0.3) is 0 Å². The third kappa shape index (κ3) is 5.03. The first-order valence-corrected chi connectivity index (χ1v) is 11.5. The molecule has 3 heterocycles. The molecule has 1 saturated carbocycles. The molecule has 6 nitrogen and oxygen atoms in total. The van der Waals surface area contributed by atoms with Crippen molar-refractivity contribution in [1.82, 2.24) is 26.0 Å². The number of piperidine rings is 1. The van der Waals surface area contributed by atoms with Gasteiger partial charge in [-0.25, -0.2) is 5.01 Å². The summed E-state index contributed by atoms with van der Waals surface area (Å²) in [7, 11) is 2.04. The lowest BCUT2D eigenvalue weighted by atomic mass is 9.75. The van der Waals surface area contributed by atoms with Crippen LogP contribution in [0.2, 0.25) is 0 Å². The third-order valence-electron chi connectivity index (χ3n) is 7.71. The van der Waals surface area contributed by atoms with Gasteiger partial charge in [-0.1, -0.05) is 5.92 Å². The van der Waals surface area contributed by atoms with Crippen LogP contribution >= 0.6 is 0 Å². The van der Waals surface area contributed by atoms with Crippen molar-refractivity contribution in [3.8, 4) is 11.8 Å². The minimum Gasteiger partial charge on any atom is -0.330 e. The number of nitrogens with one attached hydrogen (secondary N) is 3. The average molecular weight is 442 g/mol. The van der Waals surface area contributed by atoms with E-state index in [9.17, 15) is 18.0 Å². The van der Waals surface area contributed by atoms with E-state index in [-0.39, 0.29) is 42.9 Å². The predicted octanol–water partition coefficient (Wildman–Crippen LogP) is 1.69. The normalized spacial score (nSPS) is 39.5. The molecule has 9 heteroatoms. The van der Waals surface area contributed by atoms with E-state index in [1.165, 1.54) is 0 Å². The van der Waals surface area contributed by atoms with E-state index in [0.29, 0.717) is 37.9 Å². The van der Waals surface area contributed by atoms with Gasteiger partial charge in [-0.3, -0.25) is 20.9 Å². The molecule has 1 aliphatic carbocycles. The fraction of sp³-hybridized carbons (Fsp3) is 0.864. The number of carbonyl (C=O) groups excluding carboxylic acids is 1. The third-order valence-corrected chi connectivity index (χ3v) is 7.71. The highest BCUT2D eigenvalue weighted by molar-refractivity contribution is 5.93. The van der Waals surface area contributed by atoms with Crippen molar-refractivity contribution in [2.45, 2.75) is 75.9 Å². The van der Waals surface area contributed by atoms with E-state index in [0.717, 1.165) is 19.4 Å². The topological polar surface area (TPSA) is 59.6 Å². The fourth-order valence-corrected chi connectivity index (χ4v) is 6.03. The van der Waals surface area contributed by atoms with Crippen molar-refractivity contribution in [2.75, 3.05) is 26.7 Å². The minimum atomic E-state index is -4.09. The maximum atomic E-state index is 13.1. The van der Waals surface area contributed by atoms with Crippen LogP contribution in [-0.2, 0) is 4.79 Å². The van der Waals surface area contributed by atoms with Crippen molar-refractivity contribution < 1.29 is 18.0 Å². The highest BCUT2D eigenvalue weighted by Crippen LogP contribution is 2.41. The number of alkyl halides is 3. The van der Waals surface area contributed by atoms with Crippen LogP contribution in [-0.4, -0.2) is 73.0 Å². The molecule has 0 aromatic rings. The molecule has 0 bridgehead atoms. The quantitative estimate of drug-likeness (QED) is 0.570. The molecule has 5 unspecified atom stereocenters. The van der Waals surface area contributed by atoms with Gasteiger partial charge in [-0.2, -0.15) is 13.2 Å². The summed E-state index contributed by atoms with van der Waals surface area (Å²) in [6, 6.07) is 0.656. The Morgan fingerprint density at radius 3 is 2.35 bits per heavy atom. The molecular formula is C22H34F3N5O. The SMILES string of the molecule is CC#CC(=O)N1CCC2C(C1)NC(C1CCC(C(F)(F)F)CC1)NC2C1CCN(C)N1. The summed E-state index contributed by atoms with van der Waals surface area (Å²) in [5.41, 5.74) is 3.55. The minimum absolute atomic E-state index is 0.0274. The van der Waals surface area contributed by atoms with Crippen LogP contribution in [0.4, 0.5) is 13.2 Å². The molecule has 0 radical (unpaired) electrons. The van der Waals surface area contributed by atoms with Gasteiger partial charge in [0.05, 0.1) is 12.1 Å². The lowest BCUT2D eigenvalue weighted by molar-refractivity contribution is -0.185. The first kappa shape index (κ1) is 22.8. The van der Waals surface area contributed by atoms with Gasteiger partial charge in [0.1, 0.15) is 0 Å². The van der Waals surface area contributed by atoms with Crippen molar-refractivity contribution in [3.05, 3.63) is 0 Å². The Hall–Kier alpha value is -1.34. The Morgan fingerprint density at radius 1 is 1.00 bits per heavy atom. The van der Waals surface area contributed by atoms with Gasteiger partial charge in [0, 0.05) is 44.8 Å². The Bertz CT molecular complexity index is 712. The van der Waals surface area contributed by atoms with Gasteiger partial charge < -0.3 is 4.90 Å². The van der Waals surface area contributed by atoms with E-state index in [4.69, 9.17) is 0 Å². The molecule has 3 saturated heterocycles. The van der Waals surface area contributed by atoms with Crippen LogP contribution < -0.4 is 16.1 Å². The Morgan fingerprint density at radius 2 is 1.74 bits per heavy atom. The molecule has 4 aliphatic rings. The van der Waals surface area contributed by atoms with Gasteiger partial charge in [0.15, 0.2) is 0 Å². The molecule has 3 aliphatic heterocycles. The Labute approximate surface area is 182 Å². The maximum Gasteiger partial charge on any atom is 0.391 e. The zero-order valence-corrected chi connectivity index (χ0v) is 18.3. The summed E-state index contributed by atoms with van der Waals surface area (Å²) < 4.78 is 39.4. The van der Waals surface area contributed by atoms with Crippen molar-refractivity contribution in [3.63, 3.8) is 0 Å². The predicted molar refractivity (Wildman–Crippen MR) is 111 cm³/mol. The zero-order valence-electron chi connectivity index (χ0n) is 18.3. The van der Waals surface area contributed by atoms with Crippen molar-refractivity contribution in [2.24, 2.45) is 17.8 Å². The maximum absolute atomic E-state index is 13.1. The number of hydrogen-bond acceptors (Lipinski definition) is 5. The van der Waals surface area contributed by atoms with Gasteiger partial charge in [-0.15, -0.1) is 0 Å². The van der Waals surface area contributed by atoms with E-state index < -0.39 is 12.1 Å². The second-order valence-corrected chi connectivity index (χ2v) is 9.62. The molecular weight excluding hydrogens is 407 g/mol. The van der Waals surface area contributed by atoms with E-state index in [1.807, 2.05) is 11.9 Å². The van der Waals surface area contributed by atoms with Gasteiger partial charge in [-0.05, 0) is 63.2 Å². The number of likely N-dealkylation sites (tertiary alicyclic amines) is 1. The van der Waals surface area contributed by atoms with Crippen molar-refractivity contribution in [1.29, 1.82) is 0 Å². The highest BCUT2D eigenvalue weighted by atomic mass is 19.4. The molecule has 174 valence electrons. The van der Waals surface area contributed by atoms with E-state index in [1.54, 1.807) is 6.92 Å². The van der Waals surface area contributed by atoms with Crippen LogP contribution in [0.1, 0.15) is 45.4 Å². The summed E-state index contributed by atoms with van der Waals surface area (Å²) in [5.74, 6) is 4.56. The summed E-state index contributed by atoms with van der Waals surface area (Å²) in [5, 5.41) is 9.60. The largest absolute Gasteiger partial charge is 0.391 e. The van der Waals surface area contributed by atoms with Gasteiger partial charge >= 0.3 is 6.18 Å². The fourth-order valence-electron chi connectivity index (χ4n) is 6.03. The summed E-state index contributed by atoms with van der Waals surface area (Å²) in [6.07, 6.45) is -0.643. The number of hydrogen-bond donors (Lipinski definition) is 3. The monoisotopic (exact) mass is 441 g/mol. The standard InChI is InChI=1S/C22H34F3N5O/c1-3-4-19(31)30-12-9-16-18(13-30)26-21(27-20(16)17-10-11-29(2)28-17)14-5-7-15(8-6-14)22(23,24)25/h14-18,20-21,26-28H,5-13H2,1-2H3. The number of hydrazine groups is 1. The zero-order chi connectivity index (χ0) is 22.2. The first-order chi connectivity index (χ1) is 14.8. The molecule has 0 aromatic carbocycles. The second kappa shape index (κ2) is 9.26. The van der Waals surface area contributed by atoms with Crippen LogP contribution in [0.3, 0.4) is 0 Å². The molecule has 3 N–H and O–H groups in total. The smallest absolute Gasteiger partial charge is 0.330 e. The van der Waals surface area contributed by atoms with Crippen molar-refractivity contribution >= 4 is 5.91 Å². The van der Waals surface area contributed by atoms with E-state index >= 15 is 0 Å². The Kier molecular flexibility index (Phi) is 6.82.